The standard InChI is InChI=1S/C19H36/c1-3-5-7-9-11-13-15-17-19-18-16-14-12-10-8-6-4-2/h5,7,9,11H,3-4,6,8,10,12-19H2,1-2H3. The van der Waals surface area contributed by atoms with Gasteiger partial charge in [-0.25, -0.2) is 0 Å². The van der Waals surface area contributed by atoms with Crippen molar-refractivity contribution < 1.29 is 0 Å². The van der Waals surface area contributed by atoms with Gasteiger partial charge in [0.2, 0.25) is 0 Å². The summed E-state index contributed by atoms with van der Waals surface area (Å²) in [6.45, 7) is 4.46. The minimum atomic E-state index is 1.14. The minimum absolute atomic E-state index is 1.14. The number of rotatable bonds is 14. The second-order valence-corrected chi connectivity index (χ2v) is 5.59. The molecule has 0 spiro atoms. The lowest BCUT2D eigenvalue weighted by Gasteiger charge is -2.01. The van der Waals surface area contributed by atoms with E-state index in [1.165, 1.54) is 77.0 Å². The summed E-state index contributed by atoms with van der Waals surface area (Å²) in [6, 6.07) is 0. The first-order valence-electron chi connectivity index (χ1n) is 8.73. The first-order valence-corrected chi connectivity index (χ1v) is 8.73. The van der Waals surface area contributed by atoms with Crippen molar-refractivity contribution in [3.63, 3.8) is 0 Å². The Bertz CT molecular complexity index is 200. The molecule has 0 aromatic rings. The van der Waals surface area contributed by atoms with Crippen LogP contribution in [0.1, 0.15) is 97.3 Å². The fraction of sp³-hybridized carbons (Fsp3) is 0.789. The highest BCUT2D eigenvalue weighted by molar-refractivity contribution is 5.01. The molecule has 0 aromatic heterocycles. The summed E-state index contributed by atoms with van der Waals surface area (Å²) in [5.74, 6) is 0. The van der Waals surface area contributed by atoms with E-state index in [0.717, 1.165) is 6.42 Å². The molecule has 0 N–H and O–H groups in total. The molecule has 0 fully saturated rings. The van der Waals surface area contributed by atoms with Crippen LogP contribution >= 0.6 is 0 Å². The van der Waals surface area contributed by atoms with E-state index >= 15 is 0 Å². The van der Waals surface area contributed by atoms with Crippen LogP contribution in [0.3, 0.4) is 0 Å². The van der Waals surface area contributed by atoms with Crippen molar-refractivity contribution in [3.8, 4) is 0 Å². The van der Waals surface area contributed by atoms with Crippen molar-refractivity contribution in [1.29, 1.82) is 0 Å². The van der Waals surface area contributed by atoms with Crippen LogP contribution in [-0.4, -0.2) is 0 Å². The Morgan fingerprint density at radius 2 is 1.00 bits per heavy atom. The van der Waals surface area contributed by atoms with Crippen molar-refractivity contribution in [2.45, 2.75) is 97.3 Å². The van der Waals surface area contributed by atoms with E-state index < -0.39 is 0 Å². The Kier molecular flexibility index (Phi) is 17.0. The van der Waals surface area contributed by atoms with E-state index in [2.05, 4.69) is 38.2 Å². The molecule has 0 aliphatic carbocycles. The maximum Gasteiger partial charge on any atom is -0.0348 e. The van der Waals surface area contributed by atoms with Crippen LogP contribution in [0.15, 0.2) is 24.3 Å². The smallest absolute Gasteiger partial charge is 0.0348 e. The molecular formula is C19H36. The SMILES string of the molecule is CCC=CC=CCCCCCCCCCCCCC. The zero-order valence-electron chi connectivity index (χ0n) is 13.5. The Balaban J connectivity index is 3.02. The first-order chi connectivity index (χ1) is 9.41. The van der Waals surface area contributed by atoms with E-state index in [-0.39, 0.29) is 0 Å². The quantitative estimate of drug-likeness (QED) is 0.230. The van der Waals surface area contributed by atoms with Crippen molar-refractivity contribution >= 4 is 0 Å². The van der Waals surface area contributed by atoms with Gasteiger partial charge in [0.15, 0.2) is 0 Å². The van der Waals surface area contributed by atoms with Gasteiger partial charge in [0.05, 0.1) is 0 Å². The van der Waals surface area contributed by atoms with E-state index in [4.69, 9.17) is 0 Å². The summed E-state index contributed by atoms with van der Waals surface area (Å²) in [7, 11) is 0. The molecule has 0 saturated heterocycles. The van der Waals surface area contributed by atoms with Gasteiger partial charge in [0.25, 0.3) is 0 Å². The van der Waals surface area contributed by atoms with Crippen molar-refractivity contribution in [2.75, 3.05) is 0 Å². The molecule has 0 rings (SSSR count). The number of allylic oxidation sites excluding steroid dienone is 4. The van der Waals surface area contributed by atoms with Gasteiger partial charge in [0.1, 0.15) is 0 Å². The molecule has 19 heavy (non-hydrogen) atoms. The molecule has 0 heteroatoms. The van der Waals surface area contributed by atoms with Crippen LogP contribution in [0.25, 0.3) is 0 Å². The topological polar surface area (TPSA) is 0 Å². The highest BCUT2D eigenvalue weighted by atomic mass is 14.0. The monoisotopic (exact) mass is 264 g/mol. The lowest BCUT2D eigenvalue weighted by molar-refractivity contribution is 0.550. The molecule has 0 amide bonds. The Morgan fingerprint density at radius 3 is 1.53 bits per heavy atom. The predicted octanol–water partition coefficient (Wildman–Crippen LogP) is 7.21. The average Bonchev–Trinajstić information content (AvgIpc) is 2.43. The van der Waals surface area contributed by atoms with Crippen LogP contribution in [0.2, 0.25) is 0 Å². The van der Waals surface area contributed by atoms with Crippen LogP contribution in [0.5, 0.6) is 0 Å². The minimum Gasteiger partial charge on any atom is -0.0848 e. The highest BCUT2D eigenvalue weighted by Crippen LogP contribution is 2.11. The number of unbranched alkanes of at least 4 members (excludes halogenated alkanes) is 11. The van der Waals surface area contributed by atoms with Gasteiger partial charge >= 0.3 is 0 Å². The summed E-state index contributed by atoms with van der Waals surface area (Å²) >= 11 is 0. The largest absolute Gasteiger partial charge is 0.0848 e. The van der Waals surface area contributed by atoms with E-state index in [9.17, 15) is 0 Å². The molecule has 112 valence electrons. The zero-order chi connectivity index (χ0) is 14.0. The fourth-order valence-electron chi connectivity index (χ4n) is 2.32. The van der Waals surface area contributed by atoms with Crippen LogP contribution in [0.4, 0.5) is 0 Å². The number of hydrogen-bond donors (Lipinski definition) is 0. The molecule has 0 aliphatic rings. The molecule has 0 aliphatic heterocycles. The molecule has 0 saturated carbocycles. The van der Waals surface area contributed by atoms with Gasteiger partial charge < -0.3 is 0 Å². The van der Waals surface area contributed by atoms with Gasteiger partial charge in [-0.05, 0) is 19.3 Å². The van der Waals surface area contributed by atoms with E-state index in [1.807, 2.05) is 0 Å². The molecule has 0 heterocycles. The van der Waals surface area contributed by atoms with Crippen molar-refractivity contribution in [3.05, 3.63) is 24.3 Å². The maximum atomic E-state index is 2.31. The fourth-order valence-corrected chi connectivity index (χ4v) is 2.32. The van der Waals surface area contributed by atoms with Gasteiger partial charge in [0, 0.05) is 0 Å². The first kappa shape index (κ1) is 18.5. The molecule has 0 nitrogen and oxygen atoms in total. The average molecular weight is 264 g/mol. The van der Waals surface area contributed by atoms with Gasteiger partial charge in [-0.2, -0.15) is 0 Å². The van der Waals surface area contributed by atoms with Crippen LogP contribution in [-0.2, 0) is 0 Å². The molecule has 0 radical (unpaired) electrons. The summed E-state index contributed by atoms with van der Waals surface area (Å²) < 4.78 is 0. The second kappa shape index (κ2) is 17.5. The van der Waals surface area contributed by atoms with Crippen molar-refractivity contribution in [2.24, 2.45) is 0 Å². The Hall–Kier alpha value is -0.520. The lowest BCUT2D eigenvalue weighted by atomic mass is 10.1. The summed E-state index contributed by atoms with van der Waals surface area (Å²) in [6.07, 6.45) is 27.0. The molecule has 0 atom stereocenters. The third-order valence-electron chi connectivity index (χ3n) is 3.59. The Labute approximate surface area is 122 Å². The summed E-state index contributed by atoms with van der Waals surface area (Å²) in [5, 5.41) is 0. The molecule has 0 unspecified atom stereocenters. The third-order valence-corrected chi connectivity index (χ3v) is 3.59. The Morgan fingerprint density at radius 1 is 0.526 bits per heavy atom. The predicted molar refractivity (Wildman–Crippen MR) is 89.6 cm³/mol. The second-order valence-electron chi connectivity index (χ2n) is 5.59. The van der Waals surface area contributed by atoms with Crippen LogP contribution < -0.4 is 0 Å². The third kappa shape index (κ3) is 17.5. The molecule has 0 bridgehead atoms. The van der Waals surface area contributed by atoms with E-state index in [1.54, 1.807) is 0 Å². The van der Waals surface area contributed by atoms with Gasteiger partial charge in [-0.15, -0.1) is 0 Å². The van der Waals surface area contributed by atoms with Gasteiger partial charge in [-0.1, -0.05) is 102 Å². The highest BCUT2D eigenvalue weighted by Gasteiger charge is 1.92. The lowest BCUT2D eigenvalue weighted by Crippen LogP contribution is -1.81. The molecular weight excluding hydrogens is 228 g/mol. The number of hydrogen-bond acceptors (Lipinski definition) is 0. The summed E-state index contributed by atoms with van der Waals surface area (Å²) in [5.41, 5.74) is 0. The van der Waals surface area contributed by atoms with Crippen molar-refractivity contribution in [1.82, 2.24) is 0 Å². The van der Waals surface area contributed by atoms with E-state index in [0.29, 0.717) is 0 Å². The normalized spacial score (nSPS) is 11.9. The van der Waals surface area contributed by atoms with Crippen LogP contribution in [0, 0.1) is 0 Å². The molecule has 0 aromatic carbocycles. The van der Waals surface area contributed by atoms with Gasteiger partial charge in [-0.3, -0.25) is 0 Å². The zero-order valence-corrected chi connectivity index (χ0v) is 13.5. The maximum absolute atomic E-state index is 2.31. The summed E-state index contributed by atoms with van der Waals surface area (Å²) in [4.78, 5) is 0.